The zero-order chi connectivity index (χ0) is 17.1. The fourth-order valence-corrected chi connectivity index (χ4v) is 3.56. The zero-order valence-electron chi connectivity index (χ0n) is 15.5. The molecular formula is C17H30Cl2N4O3. The number of aryl methyl sites for hydroxylation is 2. The fraction of sp³-hybridized carbons (Fsp3) is 0.765. The third kappa shape index (κ3) is 5.33. The second-order valence-corrected chi connectivity index (χ2v) is 6.88. The number of nitrogens with two attached hydrogens (primary N) is 1. The molecular weight excluding hydrogens is 379 g/mol. The van der Waals surface area contributed by atoms with Crippen LogP contribution in [0.4, 0.5) is 0 Å². The number of nitrogens with zero attached hydrogens (tertiary/aromatic N) is 3. The summed E-state index contributed by atoms with van der Waals surface area (Å²) in [6.45, 7) is 9.37. The van der Waals surface area contributed by atoms with Crippen LogP contribution in [0.5, 0.6) is 0 Å². The number of carbonyl (C=O) groups excluding carboxylic acids is 1. The van der Waals surface area contributed by atoms with Gasteiger partial charge in [0.1, 0.15) is 5.76 Å². The Labute approximate surface area is 167 Å². The van der Waals surface area contributed by atoms with Crippen LogP contribution in [0.3, 0.4) is 0 Å². The van der Waals surface area contributed by atoms with Gasteiger partial charge in [0.15, 0.2) is 0 Å². The molecule has 2 fully saturated rings. The maximum Gasteiger partial charge on any atom is 0.239 e. The third-order valence-corrected chi connectivity index (χ3v) is 5.31. The zero-order valence-corrected chi connectivity index (χ0v) is 17.1. The van der Waals surface area contributed by atoms with E-state index in [1.165, 1.54) is 0 Å². The number of aromatic nitrogens is 1. The van der Waals surface area contributed by atoms with Crippen LogP contribution in [-0.4, -0.2) is 66.3 Å². The van der Waals surface area contributed by atoms with Gasteiger partial charge in [-0.2, -0.15) is 0 Å². The third-order valence-electron chi connectivity index (χ3n) is 5.31. The smallest absolute Gasteiger partial charge is 0.239 e. The van der Waals surface area contributed by atoms with E-state index in [9.17, 15) is 4.79 Å². The number of hydrogen-bond acceptors (Lipinski definition) is 6. The number of rotatable bonds is 4. The van der Waals surface area contributed by atoms with Gasteiger partial charge in [0, 0.05) is 51.5 Å². The molecule has 2 aliphatic rings. The molecule has 26 heavy (non-hydrogen) atoms. The first-order chi connectivity index (χ1) is 11.6. The Morgan fingerprint density at radius 2 is 1.81 bits per heavy atom. The number of halogens is 2. The molecule has 0 bridgehead atoms. The van der Waals surface area contributed by atoms with Crippen LogP contribution in [0.25, 0.3) is 0 Å². The number of hydrogen-bond donors (Lipinski definition) is 1. The topological polar surface area (TPSA) is 84.8 Å². The van der Waals surface area contributed by atoms with Crippen LogP contribution in [0.15, 0.2) is 4.52 Å². The molecule has 150 valence electrons. The number of ether oxygens (including phenoxy) is 1. The second kappa shape index (κ2) is 10.5. The summed E-state index contributed by atoms with van der Waals surface area (Å²) in [4.78, 5) is 16.9. The SMILES string of the molecule is Cc1noc(C)c1CN1CCN(C(=O)C(N)C2CCOCC2)CC1.Cl.Cl. The lowest BCUT2D eigenvalue weighted by Crippen LogP contribution is -2.55. The Morgan fingerprint density at radius 3 is 2.35 bits per heavy atom. The van der Waals surface area contributed by atoms with Crippen LogP contribution < -0.4 is 5.73 Å². The monoisotopic (exact) mass is 408 g/mol. The molecule has 1 unspecified atom stereocenters. The Kier molecular flexibility index (Phi) is 9.33. The Hall–Kier alpha value is -0.860. The Bertz CT molecular complexity index is 551. The van der Waals surface area contributed by atoms with Gasteiger partial charge in [-0.25, -0.2) is 0 Å². The van der Waals surface area contributed by atoms with E-state index in [2.05, 4.69) is 10.1 Å². The van der Waals surface area contributed by atoms with Crippen molar-refractivity contribution in [3.05, 3.63) is 17.0 Å². The van der Waals surface area contributed by atoms with E-state index in [-0.39, 0.29) is 42.7 Å². The molecule has 0 radical (unpaired) electrons. The molecule has 3 heterocycles. The summed E-state index contributed by atoms with van der Waals surface area (Å²) in [6, 6.07) is -0.386. The van der Waals surface area contributed by atoms with Crippen molar-refractivity contribution in [2.24, 2.45) is 11.7 Å². The quantitative estimate of drug-likeness (QED) is 0.812. The maximum absolute atomic E-state index is 12.6. The molecule has 0 saturated carbocycles. The number of amides is 1. The van der Waals surface area contributed by atoms with E-state index in [1.807, 2.05) is 18.7 Å². The van der Waals surface area contributed by atoms with Crippen LogP contribution in [0, 0.1) is 19.8 Å². The predicted molar refractivity (Wildman–Crippen MR) is 104 cm³/mol. The second-order valence-electron chi connectivity index (χ2n) is 6.88. The standard InChI is InChI=1S/C17H28N4O3.2ClH/c1-12-15(13(2)24-19-12)11-20-5-7-21(8-6-20)17(22)16(18)14-3-9-23-10-4-14;;/h14,16H,3-11,18H2,1-2H3;2*1H. The van der Waals surface area contributed by atoms with Gasteiger partial charge < -0.3 is 19.9 Å². The molecule has 2 aliphatic heterocycles. The Balaban J connectivity index is 0.00000169. The molecule has 0 spiro atoms. The fourth-order valence-electron chi connectivity index (χ4n) is 3.56. The minimum Gasteiger partial charge on any atom is -0.381 e. The molecule has 1 amide bonds. The van der Waals surface area contributed by atoms with Gasteiger partial charge in [-0.05, 0) is 32.6 Å². The van der Waals surface area contributed by atoms with E-state index in [4.69, 9.17) is 15.0 Å². The molecule has 0 aromatic carbocycles. The average molecular weight is 409 g/mol. The van der Waals surface area contributed by atoms with Gasteiger partial charge in [-0.3, -0.25) is 9.69 Å². The molecule has 2 saturated heterocycles. The first kappa shape index (κ1) is 23.2. The van der Waals surface area contributed by atoms with Gasteiger partial charge in [0.25, 0.3) is 0 Å². The largest absolute Gasteiger partial charge is 0.381 e. The summed E-state index contributed by atoms with van der Waals surface area (Å²) in [6.07, 6.45) is 1.78. The van der Waals surface area contributed by atoms with Crippen LogP contribution in [0.2, 0.25) is 0 Å². The highest BCUT2D eigenvalue weighted by Gasteiger charge is 2.31. The van der Waals surface area contributed by atoms with Crippen molar-refractivity contribution in [2.45, 2.75) is 39.3 Å². The summed E-state index contributed by atoms with van der Waals surface area (Å²) in [5, 5.41) is 4.01. The maximum atomic E-state index is 12.6. The van der Waals surface area contributed by atoms with Crippen LogP contribution in [0.1, 0.15) is 29.9 Å². The van der Waals surface area contributed by atoms with E-state index in [0.29, 0.717) is 0 Å². The lowest BCUT2D eigenvalue weighted by Gasteiger charge is -2.37. The van der Waals surface area contributed by atoms with Crippen LogP contribution >= 0.6 is 24.8 Å². The van der Waals surface area contributed by atoms with Crippen molar-refractivity contribution in [3.8, 4) is 0 Å². The van der Waals surface area contributed by atoms with Crippen molar-refractivity contribution in [1.29, 1.82) is 0 Å². The number of piperazine rings is 1. The number of carbonyl (C=O) groups is 1. The van der Waals surface area contributed by atoms with Gasteiger partial charge >= 0.3 is 0 Å². The van der Waals surface area contributed by atoms with Crippen molar-refractivity contribution >= 4 is 30.7 Å². The summed E-state index contributed by atoms with van der Waals surface area (Å²) in [7, 11) is 0. The van der Waals surface area contributed by atoms with Gasteiger partial charge in [-0.1, -0.05) is 5.16 Å². The minimum atomic E-state index is -0.386. The van der Waals surface area contributed by atoms with E-state index >= 15 is 0 Å². The van der Waals surface area contributed by atoms with E-state index < -0.39 is 0 Å². The highest BCUT2D eigenvalue weighted by atomic mass is 35.5. The molecule has 2 N–H and O–H groups in total. The first-order valence-corrected chi connectivity index (χ1v) is 8.82. The van der Waals surface area contributed by atoms with Crippen LogP contribution in [-0.2, 0) is 16.1 Å². The predicted octanol–water partition coefficient (Wildman–Crippen LogP) is 1.53. The van der Waals surface area contributed by atoms with Crippen molar-refractivity contribution < 1.29 is 14.1 Å². The molecule has 1 atom stereocenters. The van der Waals surface area contributed by atoms with Crippen molar-refractivity contribution in [2.75, 3.05) is 39.4 Å². The summed E-state index contributed by atoms with van der Waals surface area (Å²) in [5.41, 5.74) is 8.34. The summed E-state index contributed by atoms with van der Waals surface area (Å²) < 4.78 is 10.6. The minimum absolute atomic E-state index is 0. The van der Waals surface area contributed by atoms with Gasteiger partial charge in [-0.15, -0.1) is 24.8 Å². The highest BCUT2D eigenvalue weighted by Crippen LogP contribution is 2.20. The lowest BCUT2D eigenvalue weighted by molar-refractivity contribution is -0.136. The molecule has 1 aromatic rings. The molecule has 0 aliphatic carbocycles. The molecule has 3 rings (SSSR count). The molecule has 1 aromatic heterocycles. The highest BCUT2D eigenvalue weighted by molar-refractivity contribution is 5.85. The van der Waals surface area contributed by atoms with Gasteiger partial charge in [0.2, 0.25) is 5.91 Å². The van der Waals surface area contributed by atoms with E-state index in [1.54, 1.807) is 0 Å². The van der Waals surface area contributed by atoms with Crippen molar-refractivity contribution in [1.82, 2.24) is 15.0 Å². The summed E-state index contributed by atoms with van der Waals surface area (Å²) in [5.74, 6) is 1.23. The normalized spacial score (nSPS) is 20.2. The molecule has 7 nitrogen and oxygen atoms in total. The lowest BCUT2D eigenvalue weighted by atomic mass is 9.91. The van der Waals surface area contributed by atoms with Crippen molar-refractivity contribution in [3.63, 3.8) is 0 Å². The average Bonchev–Trinajstić information content (AvgIpc) is 2.94. The Morgan fingerprint density at radius 1 is 1.19 bits per heavy atom. The first-order valence-electron chi connectivity index (χ1n) is 8.82. The summed E-state index contributed by atoms with van der Waals surface area (Å²) >= 11 is 0. The molecule has 9 heteroatoms. The van der Waals surface area contributed by atoms with Gasteiger partial charge in [0.05, 0.1) is 11.7 Å². The van der Waals surface area contributed by atoms with E-state index in [0.717, 1.165) is 75.8 Å².